The smallest absolute Gasteiger partial charge is 0.225 e. The molecule has 2 amide bonds. The van der Waals surface area contributed by atoms with Gasteiger partial charge in [0.2, 0.25) is 11.8 Å². The van der Waals surface area contributed by atoms with E-state index in [1.54, 1.807) is 19.2 Å². The second-order valence-electron chi connectivity index (χ2n) is 11.1. The number of hydrogen-bond donors (Lipinski definition) is 3. The highest BCUT2D eigenvalue weighted by Gasteiger charge is 2.37. The highest BCUT2D eigenvalue weighted by Crippen LogP contribution is 2.22. The Hall–Kier alpha value is -3.73. The Morgan fingerprint density at radius 2 is 1.63 bits per heavy atom. The summed E-state index contributed by atoms with van der Waals surface area (Å²) in [5.74, 6) is -3.26. The molecule has 3 aromatic rings. The molecule has 1 aliphatic rings. The first-order chi connectivity index (χ1) is 20.6. The van der Waals surface area contributed by atoms with Crippen LogP contribution in [0.5, 0.6) is 0 Å². The van der Waals surface area contributed by atoms with Gasteiger partial charge in [-0.3, -0.25) is 9.59 Å². The van der Waals surface area contributed by atoms with Crippen molar-refractivity contribution in [3.05, 3.63) is 107 Å². The number of likely N-dealkylation sites (N-methyl/N-ethyl adjacent to an activating group) is 1. The third kappa shape index (κ3) is 9.38. The van der Waals surface area contributed by atoms with E-state index in [-0.39, 0.29) is 49.3 Å². The fourth-order valence-electron chi connectivity index (χ4n) is 5.40. The number of likely N-dealkylation sites (tertiary alicyclic amines) is 1. The van der Waals surface area contributed by atoms with Gasteiger partial charge in [-0.15, -0.1) is 0 Å². The highest BCUT2D eigenvalue weighted by molar-refractivity contribution is 5.89. The van der Waals surface area contributed by atoms with Gasteiger partial charge >= 0.3 is 0 Å². The van der Waals surface area contributed by atoms with Crippen molar-refractivity contribution in [2.75, 3.05) is 13.6 Å². The number of carbonyl (C=O) groups excluding carboxylic acids is 2. The average Bonchev–Trinajstić information content (AvgIpc) is 3.35. The standard InChI is InChI=1S/C33H38F3N3O4/c1-21(43-20-23-6-4-3-5-7-23)12-29(37-2)32(41)30(15-24-13-27(35)17-28(36)14-24)38-33(42)25-16-31(40)39(19-25)18-22-8-10-26(34)11-9-22/h3-11,13-14,17,21,25,29-30,32,37,41H,12,15-16,18-20H2,1-2H3,(H,38,42). The molecule has 0 aromatic heterocycles. The van der Waals surface area contributed by atoms with Gasteiger partial charge in [0.1, 0.15) is 17.5 Å². The van der Waals surface area contributed by atoms with E-state index in [0.717, 1.165) is 17.2 Å². The molecule has 230 valence electrons. The normalized spacial score (nSPS) is 17.9. The van der Waals surface area contributed by atoms with Gasteiger partial charge in [-0.25, -0.2) is 13.2 Å². The van der Waals surface area contributed by atoms with Crippen molar-refractivity contribution in [1.29, 1.82) is 0 Å². The molecule has 3 aromatic carbocycles. The van der Waals surface area contributed by atoms with Crippen LogP contribution in [0.4, 0.5) is 13.2 Å². The van der Waals surface area contributed by atoms with Gasteiger partial charge in [-0.2, -0.15) is 0 Å². The molecular formula is C33H38F3N3O4. The Bertz CT molecular complexity index is 1340. The van der Waals surface area contributed by atoms with Crippen molar-refractivity contribution in [1.82, 2.24) is 15.5 Å². The first-order valence-electron chi connectivity index (χ1n) is 14.4. The third-order valence-electron chi connectivity index (χ3n) is 7.74. The van der Waals surface area contributed by atoms with Gasteiger partial charge in [-0.05, 0) is 67.8 Å². The van der Waals surface area contributed by atoms with Crippen LogP contribution in [0.15, 0.2) is 72.8 Å². The zero-order chi connectivity index (χ0) is 30.9. The number of carbonyl (C=O) groups is 2. The van der Waals surface area contributed by atoms with Crippen LogP contribution in [0.1, 0.15) is 36.5 Å². The molecule has 4 rings (SSSR count). The summed E-state index contributed by atoms with van der Waals surface area (Å²) in [5, 5.41) is 17.4. The molecule has 1 aliphatic heterocycles. The van der Waals surface area contributed by atoms with Gasteiger partial charge in [0.05, 0.1) is 30.8 Å². The van der Waals surface area contributed by atoms with E-state index < -0.39 is 41.6 Å². The number of halogens is 3. The fourth-order valence-corrected chi connectivity index (χ4v) is 5.40. The predicted molar refractivity (Wildman–Crippen MR) is 156 cm³/mol. The van der Waals surface area contributed by atoms with E-state index >= 15 is 0 Å². The van der Waals surface area contributed by atoms with Crippen LogP contribution in [-0.4, -0.2) is 59.7 Å². The molecule has 0 radical (unpaired) electrons. The number of hydrogen-bond acceptors (Lipinski definition) is 5. The summed E-state index contributed by atoms with van der Waals surface area (Å²) in [4.78, 5) is 27.7. The number of nitrogens with zero attached hydrogens (tertiary/aromatic N) is 1. The first-order valence-corrected chi connectivity index (χ1v) is 14.4. The molecule has 5 unspecified atom stereocenters. The van der Waals surface area contributed by atoms with Crippen LogP contribution in [0.25, 0.3) is 0 Å². The molecule has 3 N–H and O–H groups in total. The summed E-state index contributed by atoms with van der Waals surface area (Å²) in [6.07, 6.45) is -1.09. The summed E-state index contributed by atoms with van der Waals surface area (Å²) >= 11 is 0. The lowest BCUT2D eigenvalue weighted by molar-refractivity contribution is -0.129. The van der Waals surface area contributed by atoms with E-state index in [2.05, 4.69) is 10.6 Å². The van der Waals surface area contributed by atoms with Gasteiger partial charge in [-0.1, -0.05) is 42.5 Å². The molecule has 43 heavy (non-hydrogen) atoms. The molecule has 1 fully saturated rings. The lowest BCUT2D eigenvalue weighted by Crippen LogP contribution is -2.55. The Labute approximate surface area is 250 Å². The Morgan fingerprint density at radius 3 is 2.28 bits per heavy atom. The van der Waals surface area contributed by atoms with Crippen LogP contribution in [0.2, 0.25) is 0 Å². The molecule has 1 heterocycles. The summed E-state index contributed by atoms with van der Waals surface area (Å²) < 4.78 is 47.3. The molecule has 5 atom stereocenters. The Balaban J connectivity index is 1.44. The number of aliphatic hydroxyl groups is 1. The van der Waals surface area contributed by atoms with Crippen molar-refractivity contribution >= 4 is 11.8 Å². The third-order valence-corrected chi connectivity index (χ3v) is 7.74. The van der Waals surface area contributed by atoms with E-state index in [0.29, 0.717) is 13.0 Å². The lowest BCUT2D eigenvalue weighted by Gasteiger charge is -2.32. The van der Waals surface area contributed by atoms with E-state index in [1.165, 1.54) is 29.2 Å². The number of nitrogens with one attached hydrogen (secondary N) is 2. The second kappa shape index (κ2) is 15.1. The van der Waals surface area contributed by atoms with Crippen LogP contribution < -0.4 is 10.6 Å². The molecule has 7 nitrogen and oxygen atoms in total. The average molecular weight is 598 g/mol. The topological polar surface area (TPSA) is 90.9 Å². The van der Waals surface area contributed by atoms with Gasteiger partial charge in [0, 0.05) is 31.6 Å². The zero-order valence-corrected chi connectivity index (χ0v) is 24.3. The van der Waals surface area contributed by atoms with Crippen molar-refractivity contribution in [2.24, 2.45) is 5.92 Å². The maximum Gasteiger partial charge on any atom is 0.225 e. The van der Waals surface area contributed by atoms with Gasteiger partial charge in [0.15, 0.2) is 0 Å². The quantitative estimate of drug-likeness (QED) is 0.260. The van der Waals surface area contributed by atoms with Crippen LogP contribution in [0.3, 0.4) is 0 Å². The minimum absolute atomic E-state index is 0.0236. The number of ether oxygens (including phenoxy) is 1. The maximum absolute atomic E-state index is 14.0. The Kier molecular flexibility index (Phi) is 11.3. The summed E-state index contributed by atoms with van der Waals surface area (Å²) in [5.41, 5.74) is 2.01. The number of amides is 2. The minimum atomic E-state index is -1.16. The van der Waals surface area contributed by atoms with Crippen LogP contribution in [-0.2, 0) is 33.9 Å². The molecular weight excluding hydrogens is 559 g/mol. The van der Waals surface area contributed by atoms with Crippen molar-refractivity contribution in [3.8, 4) is 0 Å². The largest absolute Gasteiger partial charge is 0.389 e. The molecule has 0 bridgehead atoms. The summed E-state index contributed by atoms with van der Waals surface area (Å²) in [6, 6.07) is 17.1. The van der Waals surface area contributed by atoms with E-state index in [1.807, 2.05) is 37.3 Å². The molecule has 0 spiro atoms. The van der Waals surface area contributed by atoms with Crippen molar-refractivity contribution in [3.63, 3.8) is 0 Å². The monoisotopic (exact) mass is 597 g/mol. The van der Waals surface area contributed by atoms with Gasteiger partial charge in [0.25, 0.3) is 0 Å². The van der Waals surface area contributed by atoms with Crippen molar-refractivity contribution in [2.45, 2.75) is 63.6 Å². The van der Waals surface area contributed by atoms with Crippen molar-refractivity contribution < 1.29 is 32.6 Å². The van der Waals surface area contributed by atoms with E-state index in [9.17, 15) is 27.9 Å². The predicted octanol–water partition coefficient (Wildman–Crippen LogP) is 4.12. The minimum Gasteiger partial charge on any atom is -0.389 e. The highest BCUT2D eigenvalue weighted by atomic mass is 19.1. The van der Waals surface area contributed by atoms with Crippen LogP contribution >= 0.6 is 0 Å². The van der Waals surface area contributed by atoms with Crippen LogP contribution in [0, 0.1) is 23.4 Å². The van der Waals surface area contributed by atoms with E-state index in [4.69, 9.17) is 4.74 Å². The first kappa shape index (κ1) is 32.2. The number of benzene rings is 3. The molecule has 0 aliphatic carbocycles. The molecule has 0 saturated carbocycles. The zero-order valence-electron chi connectivity index (χ0n) is 24.3. The fraction of sp³-hybridized carbons (Fsp3) is 0.394. The summed E-state index contributed by atoms with van der Waals surface area (Å²) in [6.45, 7) is 2.66. The summed E-state index contributed by atoms with van der Waals surface area (Å²) in [7, 11) is 1.68. The number of aliphatic hydroxyl groups excluding tert-OH is 1. The lowest BCUT2D eigenvalue weighted by atomic mass is 9.92. The molecule has 1 saturated heterocycles. The van der Waals surface area contributed by atoms with Gasteiger partial charge < -0.3 is 25.4 Å². The second-order valence-corrected chi connectivity index (χ2v) is 11.1. The SMILES string of the molecule is CNC(CC(C)OCc1ccccc1)C(O)C(Cc1cc(F)cc(F)c1)NC(=O)C1CC(=O)N(Cc2ccc(F)cc2)C1. The maximum atomic E-state index is 14.0. The molecule has 10 heteroatoms. The number of rotatable bonds is 14. The Morgan fingerprint density at radius 1 is 0.953 bits per heavy atom.